The molecule has 4 aromatic rings. The lowest BCUT2D eigenvalue weighted by Crippen LogP contribution is -2.35. The summed E-state index contributed by atoms with van der Waals surface area (Å²) < 4.78 is 36.0. The third-order valence-electron chi connectivity index (χ3n) is 6.77. The van der Waals surface area contributed by atoms with E-state index in [1.165, 1.54) is 11.4 Å². The molecule has 0 saturated carbocycles. The van der Waals surface area contributed by atoms with Gasteiger partial charge in [0.2, 0.25) is 10.0 Å². The minimum absolute atomic E-state index is 0.0631. The quantitative estimate of drug-likeness (QED) is 0.383. The number of hydrogen-bond acceptors (Lipinski definition) is 6. The smallest absolute Gasteiger partial charge is 0.276 e. The highest BCUT2D eigenvalue weighted by atomic mass is 32.2. The van der Waals surface area contributed by atoms with E-state index in [0.29, 0.717) is 35.6 Å². The number of nitrogens with one attached hydrogen (secondary N) is 1. The van der Waals surface area contributed by atoms with Crippen LogP contribution in [0.2, 0.25) is 0 Å². The summed E-state index contributed by atoms with van der Waals surface area (Å²) in [7, 11) is -2.36. The van der Waals surface area contributed by atoms with Crippen molar-refractivity contribution in [2.75, 3.05) is 25.5 Å². The molecule has 1 fully saturated rings. The van der Waals surface area contributed by atoms with Gasteiger partial charge in [-0.05, 0) is 75.1 Å². The highest BCUT2D eigenvalue weighted by molar-refractivity contribution is 7.89. The molecule has 2 aromatic heterocycles. The molecular weight excluding hydrogens is 502 g/mol. The zero-order valence-electron chi connectivity index (χ0n) is 22.0. The van der Waals surface area contributed by atoms with Crippen LogP contribution in [-0.2, 0) is 10.0 Å². The number of carbonyl (C=O) groups excluding carboxylic acids is 1. The van der Waals surface area contributed by atoms with Gasteiger partial charge in [0, 0.05) is 30.2 Å². The number of aromatic nitrogens is 3. The maximum absolute atomic E-state index is 13.7. The first-order valence-electron chi connectivity index (χ1n) is 12.6. The highest BCUT2D eigenvalue weighted by Crippen LogP contribution is 2.36. The molecule has 1 aliphatic rings. The lowest BCUT2D eigenvalue weighted by molar-refractivity contribution is 0.102. The van der Waals surface area contributed by atoms with Crippen LogP contribution in [0.1, 0.15) is 46.7 Å². The zero-order valence-corrected chi connectivity index (χ0v) is 22.8. The van der Waals surface area contributed by atoms with Crippen LogP contribution in [0.25, 0.3) is 16.8 Å². The number of ether oxygens (including phenoxy) is 1. The second-order valence-corrected chi connectivity index (χ2v) is 11.6. The molecule has 198 valence electrons. The van der Waals surface area contributed by atoms with Gasteiger partial charge in [-0.1, -0.05) is 24.6 Å². The van der Waals surface area contributed by atoms with Crippen molar-refractivity contribution < 1.29 is 17.9 Å². The van der Waals surface area contributed by atoms with Crippen LogP contribution >= 0.6 is 0 Å². The average Bonchev–Trinajstić information content (AvgIpc) is 3.29. The van der Waals surface area contributed by atoms with Crippen LogP contribution in [0, 0.1) is 20.8 Å². The summed E-state index contributed by atoms with van der Waals surface area (Å²) in [4.78, 5) is 18.3. The van der Waals surface area contributed by atoms with Gasteiger partial charge < -0.3 is 10.1 Å². The van der Waals surface area contributed by atoms with Gasteiger partial charge in [-0.25, -0.2) is 17.9 Å². The van der Waals surface area contributed by atoms with Gasteiger partial charge in [-0.15, -0.1) is 0 Å². The zero-order chi connectivity index (χ0) is 27.0. The molecule has 3 heterocycles. The summed E-state index contributed by atoms with van der Waals surface area (Å²) in [6.45, 7) is 6.65. The van der Waals surface area contributed by atoms with Crippen molar-refractivity contribution in [1.29, 1.82) is 0 Å². The molecule has 1 saturated heterocycles. The van der Waals surface area contributed by atoms with Crippen LogP contribution in [0.4, 0.5) is 5.69 Å². The molecule has 0 bridgehead atoms. The number of amides is 1. The Kier molecular flexibility index (Phi) is 6.93. The van der Waals surface area contributed by atoms with E-state index in [1.54, 1.807) is 22.7 Å². The summed E-state index contributed by atoms with van der Waals surface area (Å²) in [6.07, 6.45) is 2.65. The Morgan fingerprint density at radius 2 is 1.76 bits per heavy atom. The number of benzene rings is 2. The average molecular weight is 534 g/mol. The first-order valence-corrected chi connectivity index (χ1v) is 14.1. The van der Waals surface area contributed by atoms with E-state index in [2.05, 4.69) is 10.4 Å². The van der Waals surface area contributed by atoms with E-state index < -0.39 is 15.9 Å². The minimum atomic E-state index is -3.81. The number of anilines is 1. The minimum Gasteiger partial charge on any atom is -0.495 e. The van der Waals surface area contributed by atoms with Gasteiger partial charge in [-0.2, -0.15) is 9.40 Å². The van der Waals surface area contributed by atoms with Crippen molar-refractivity contribution in [3.8, 4) is 16.9 Å². The molecule has 9 nitrogen and oxygen atoms in total. The number of carbonyl (C=O) groups is 1. The van der Waals surface area contributed by atoms with Crippen molar-refractivity contribution in [2.45, 2.75) is 44.9 Å². The number of methoxy groups -OCH3 is 1. The van der Waals surface area contributed by atoms with E-state index in [4.69, 9.17) is 9.72 Å². The van der Waals surface area contributed by atoms with E-state index >= 15 is 0 Å². The fourth-order valence-electron chi connectivity index (χ4n) is 4.94. The number of aryl methyl sites for hydroxylation is 3. The van der Waals surface area contributed by atoms with E-state index in [1.807, 2.05) is 51.1 Å². The Morgan fingerprint density at radius 3 is 2.47 bits per heavy atom. The monoisotopic (exact) mass is 533 g/mol. The molecule has 0 unspecified atom stereocenters. The number of rotatable bonds is 6. The van der Waals surface area contributed by atoms with Crippen molar-refractivity contribution >= 4 is 27.3 Å². The van der Waals surface area contributed by atoms with Gasteiger partial charge in [0.05, 0.1) is 12.7 Å². The summed E-state index contributed by atoms with van der Waals surface area (Å²) in [5.74, 6) is -0.161. The first kappa shape index (κ1) is 25.9. The molecule has 1 amide bonds. The van der Waals surface area contributed by atoms with E-state index in [9.17, 15) is 13.2 Å². The summed E-state index contributed by atoms with van der Waals surface area (Å²) in [5, 5.41) is 7.55. The Bertz CT molecular complexity index is 1640. The first-order chi connectivity index (χ1) is 18.2. The Balaban J connectivity index is 1.69. The normalized spacial score (nSPS) is 14.5. The lowest BCUT2D eigenvalue weighted by Gasteiger charge is -2.26. The molecule has 2 aromatic carbocycles. The molecule has 10 heteroatoms. The van der Waals surface area contributed by atoms with Gasteiger partial charge in [-0.3, -0.25) is 4.79 Å². The lowest BCUT2D eigenvalue weighted by atomic mass is 10.0. The van der Waals surface area contributed by atoms with Crippen LogP contribution in [0.5, 0.6) is 5.75 Å². The topological polar surface area (TPSA) is 106 Å². The van der Waals surface area contributed by atoms with Crippen molar-refractivity contribution in [2.24, 2.45) is 0 Å². The van der Waals surface area contributed by atoms with Gasteiger partial charge in [0.15, 0.2) is 11.3 Å². The summed E-state index contributed by atoms with van der Waals surface area (Å²) in [6, 6.07) is 14.3. The maximum Gasteiger partial charge on any atom is 0.276 e. The number of fused-ring (bicyclic) bond motifs is 1. The van der Waals surface area contributed by atoms with E-state index in [-0.39, 0.29) is 16.3 Å². The standard InChI is InChI=1S/C28H31N5O4S/c1-18-9-8-10-22(15-18)30-28(34)26-25(27-29-19(2)16-20(3)33(27)31-26)21-11-12-23(37-4)24(17-21)38(35,36)32-13-6-5-7-14-32/h8-12,15-17H,5-7,13-14H2,1-4H3,(H,30,34). The second kappa shape index (κ2) is 10.2. The maximum atomic E-state index is 13.7. The van der Waals surface area contributed by atoms with E-state index in [0.717, 1.165) is 36.2 Å². The fraction of sp³-hybridized carbons (Fsp3) is 0.321. The predicted molar refractivity (Wildman–Crippen MR) is 146 cm³/mol. The van der Waals surface area contributed by atoms with Crippen LogP contribution < -0.4 is 10.1 Å². The molecule has 5 rings (SSSR count). The number of hydrogen-bond donors (Lipinski definition) is 1. The van der Waals surface area contributed by atoms with Gasteiger partial charge in [0.25, 0.3) is 5.91 Å². The third kappa shape index (κ3) is 4.77. The number of piperidine rings is 1. The third-order valence-corrected chi connectivity index (χ3v) is 8.69. The Hall–Kier alpha value is -3.76. The molecule has 38 heavy (non-hydrogen) atoms. The van der Waals surface area contributed by atoms with Crippen LogP contribution in [-0.4, -0.2) is 53.4 Å². The number of sulfonamides is 1. The Morgan fingerprint density at radius 1 is 1.00 bits per heavy atom. The van der Waals surface area contributed by atoms with Crippen LogP contribution in [0.15, 0.2) is 53.4 Å². The van der Waals surface area contributed by atoms with Crippen LogP contribution in [0.3, 0.4) is 0 Å². The van der Waals surface area contributed by atoms with Crippen molar-refractivity contribution in [1.82, 2.24) is 18.9 Å². The van der Waals surface area contributed by atoms with Gasteiger partial charge >= 0.3 is 0 Å². The molecular formula is C28H31N5O4S. The molecule has 0 atom stereocenters. The number of nitrogens with zero attached hydrogens (tertiary/aromatic N) is 4. The highest BCUT2D eigenvalue weighted by Gasteiger charge is 2.31. The molecule has 0 spiro atoms. The largest absolute Gasteiger partial charge is 0.495 e. The molecule has 1 aliphatic heterocycles. The van der Waals surface area contributed by atoms with Gasteiger partial charge in [0.1, 0.15) is 10.6 Å². The second-order valence-electron chi connectivity index (χ2n) is 9.65. The predicted octanol–water partition coefficient (Wildman–Crippen LogP) is 4.76. The fourth-order valence-corrected chi connectivity index (χ4v) is 6.64. The molecule has 0 aliphatic carbocycles. The summed E-state index contributed by atoms with van der Waals surface area (Å²) in [5.41, 5.74) is 4.82. The molecule has 0 radical (unpaired) electrons. The Labute approximate surface area is 222 Å². The summed E-state index contributed by atoms with van der Waals surface area (Å²) >= 11 is 0. The van der Waals surface area contributed by atoms with Crippen molar-refractivity contribution in [3.05, 3.63) is 71.2 Å². The van der Waals surface area contributed by atoms with Crippen molar-refractivity contribution in [3.63, 3.8) is 0 Å². The molecule has 1 N–H and O–H groups in total. The SMILES string of the molecule is COc1ccc(-c2c(C(=O)Nc3cccc(C)c3)nn3c(C)cc(C)nc23)cc1S(=O)(=O)N1CCCCC1.